The highest BCUT2D eigenvalue weighted by atomic mass is 32.1. The number of hydrogen-bond acceptors (Lipinski definition) is 3. The van der Waals surface area contributed by atoms with Crippen molar-refractivity contribution >= 4 is 17.3 Å². The molecule has 0 amide bonds. The number of nitrogens with zero attached hydrogens (tertiary/aromatic N) is 1. The van der Waals surface area contributed by atoms with Gasteiger partial charge in [0.15, 0.2) is 0 Å². The van der Waals surface area contributed by atoms with Crippen molar-refractivity contribution in [3.63, 3.8) is 0 Å². The lowest BCUT2D eigenvalue weighted by Crippen LogP contribution is -2.17. The predicted octanol–water partition coefficient (Wildman–Crippen LogP) is 3.53. The fourth-order valence-electron chi connectivity index (χ4n) is 2.03. The van der Waals surface area contributed by atoms with E-state index in [0.29, 0.717) is 18.0 Å². The lowest BCUT2D eigenvalue weighted by molar-refractivity contribution is 0.0702. The normalized spacial score (nSPS) is 11.0. The standard InChI is InChI=1S/C15H16FNO2S/c1-10-12(7-14(20-10)15(18)19)9-17(2)8-11-3-5-13(16)6-4-11/h3-7H,8-9H2,1-2H3,(H,18,19). The molecule has 0 atom stereocenters. The van der Waals surface area contributed by atoms with Crippen molar-refractivity contribution in [2.24, 2.45) is 0 Å². The summed E-state index contributed by atoms with van der Waals surface area (Å²) >= 11 is 1.30. The third-order valence-corrected chi connectivity index (χ3v) is 4.12. The van der Waals surface area contributed by atoms with Crippen molar-refractivity contribution in [1.29, 1.82) is 0 Å². The number of thiophene rings is 1. The van der Waals surface area contributed by atoms with E-state index in [2.05, 4.69) is 4.90 Å². The highest BCUT2D eigenvalue weighted by molar-refractivity contribution is 7.14. The summed E-state index contributed by atoms with van der Waals surface area (Å²) in [7, 11) is 1.96. The Kier molecular flexibility index (Phi) is 4.52. The summed E-state index contributed by atoms with van der Waals surface area (Å²) in [6.45, 7) is 3.29. The number of aromatic carboxylic acids is 1. The SMILES string of the molecule is Cc1sc(C(=O)O)cc1CN(C)Cc1ccc(F)cc1. The van der Waals surface area contributed by atoms with E-state index in [1.807, 2.05) is 14.0 Å². The molecule has 0 aliphatic rings. The molecule has 5 heteroatoms. The van der Waals surface area contributed by atoms with Crippen LogP contribution >= 0.6 is 11.3 Å². The molecule has 0 aliphatic heterocycles. The van der Waals surface area contributed by atoms with Crippen LogP contribution in [0.2, 0.25) is 0 Å². The Labute approximate surface area is 121 Å². The summed E-state index contributed by atoms with van der Waals surface area (Å²) in [5.41, 5.74) is 2.05. The number of halogens is 1. The Morgan fingerprint density at radius 1 is 1.30 bits per heavy atom. The van der Waals surface area contributed by atoms with Crippen molar-refractivity contribution in [1.82, 2.24) is 4.90 Å². The van der Waals surface area contributed by atoms with Crippen molar-refractivity contribution in [2.45, 2.75) is 20.0 Å². The largest absolute Gasteiger partial charge is 0.477 e. The molecule has 0 saturated carbocycles. The van der Waals surface area contributed by atoms with Crippen LogP contribution in [0.4, 0.5) is 4.39 Å². The second kappa shape index (κ2) is 6.15. The highest BCUT2D eigenvalue weighted by Gasteiger charge is 2.12. The van der Waals surface area contributed by atoms with Crippen molar-refractivity contribution in [2.75, 3.05) is 7.05 Å². The molecule has 106 valence electrons. The van der Waals surface area contributed by atoms with Gasteiger partial charge in [-0.1, -0.05) is 12.1 Å². The maximum absolute atomic E-state index is 12.8. The molecule has 0 spiro atoms. The Bertz CT molecular complexity index is 607. The fourth-order valence-corrected chi connectivity index (χ4v) is 2.90. The molecule has 2 rings (SSSR count). The van der Waals surface area contributed by atoms with E-state index in [9.17, 15) is 9.18 Å². The number of hydrogen-bond donors (Lipinski definition) is 1. The smallest absolute Gasteiger partial charge is 0.345 e. The first-order chi connectivity index (χ1) is 9.45. The first-order valence-electron chi connectivity index (χ1n) is 6.21. The number of carboxylic acid groups (broad SMARTS) is 1. The van der Waals surface area contributed by atoms with Gasteiger partial charge >= 0.3 is 5.97 Å². The lowest BCUT2D eigenvalue weighted by atomic mass is 10.2. The number of rotatable bonds is 5. The Balaban J connectivity index is 2.02. The summed E-state index contributed by atoms with van der Waals surface area (Å²) in [6.07, 6.45) is 0. The van der Waals surface area contributed by atoms with Crippen LogP contribution in [0.3, 0.4) is 0 Å². The maximum atomic E-state index is 12.8. The van der Waals surface area contributed by atoms with E-state index in [4.69, 9.17) is 5.11 Å². The molecule has 1 N–H and O–H groups in total. The van der Waals surface area contributed by atoms with Crippen LogP contribution in [0.25, 0.3) is 0 Å². The molecule has 1 aromatic carbocycles. The topological polar surface area (TPSA) is 40.5 Å². The Morgan fingerprint density at radius 3 is 2.50 bits per heavy atom. The molecule has 0 aliphatic carbocycles. The molecule has 0 radical (unpaired) electrons. The third kappa shape index (κ3) is 3.65. The van der Waals surface area contributed by atoms with Gasteiger partial charge in [0.2, 0.25) is 0 Å². The second-order valence-electron chi connectivity index (χ2n) is 4.80. The van der Waals surface area contributed by atoms with E-state index < -0.39 is 5.97 Å². The molecule has 20 heavy (non-hydrogen) atoms. The van der Waals surface area contributed by atoms with Crippen LogP contribution < -0.4 is 0 Å². The summed E-state index contributed by atoms with van der Waals surface area (Å²) < 4.78 is 12.8. The Morgan fingerprint density at radius 2 is 1.95 bits per heavy atom. The van der Waals surface area contributed by atoms with Crippen LogP contribution in [0, 0.1) is 12.7 Å². The molecular weight excluding hydrogens is 277 g/mol. The van der Waals surface area contributed by atoms with Crippen molar-refractivity contribution < 1.29 is 14.3 Å². The van der Waals surface area contributed by atoms with Gasteiger partial charge in [0.1, 0.15) is 10.7 Å². The molecular formula is C15H16FNO2S. The van der Waals surface area contributed by atoms with Crippen LogP contribution in [-0.2, 0) is 13.1 Å². The van der Waals surface area contributed by atoms with Gasteiger partial charge in [0, 0.05) is 18.0 Å². The first-order valence-corrected chi connectivity index (χ1v) is 7.03. The highest BCUT2D eigenvalue weighted by Crippen LogP contribution is 2.23. The van der Waals surface area contributed by atoms with Gasteiger partial charge in [0.05, 0.1) is 0 Å². The average molecular weight is 293 g/mol. The third-order valence-electron chi connectivity index (χ3n) is 3.04. The molecule has 0 bridgehead atoms. The molecule has 2 aromatic rings. The molecule has 0 unspecified atom stereocenters. The zero-order chi connectivity index (χ0) is 14.7. The zero-order valence-electron chi connectivity index (χ0n) is 11.4. The van der Waals surface area contributed by atoms with E-state index in [0.717, 1.165) is 16.0 Å². The quantitative estimate of drug-likeness (QED) is 0.917. The summed E-state index contributed by atoms with van der Waals surface area (Å²) in [4.78, 5) is 14.4. The number of carboxylic acids is 1. The minimum Gasteiger partial charge on any atom is -0.477 e. The molecule has 1 heterocycles. The number of carbonyl (C=O) groups is 1. The van der Waals surface area contributed by atoms with Gasteiger partial charge in [-0.25, -0.2) is 9.18 Å². The van der Waals surface area contributed by atoms with Crippen LogP contribution in [0.5, 0.6) is 0 Å². The van der Waals surface area contributed by atoms with E-state index in [1.165, 1.54) is 23.5 Å². The predicted molar refractivity (Wildman–Crippen MR) is 77.6 cm³/mol. The maximum Gasteiger partial charge on any atom is 0.345 e. The van der Waals surface area contributed by atoms with Crippen LogP contribution in [0.15, 0.2) is 30.3 Å². The summed E-state index contributed by atoms with van der Waals surface area (Å²) in [5, 5.41) is 8.98. The fraction of sp³-hybridized carbons (Fsp3) is 0.267. The minimum atomic E-state index is -0.884. The summed E-state index contributed by atoms with van der Waals surface area (Å²) in [5.74, 6) is -1.12. The first kappa shape index (κ1) is 14.7. The number of benzene rings is 1. The van der Waals surface area contributed by atoms with Crippen molar-refractivity contribution in [3.8, 4) is 0 Å². The Hall–Kier alpha value is -1.72. The van der Waals surface area contributed by atoms with Crippen molar-refractivity contribution in [3.05, 3.63) is 57.0 Å². The van der Waals surface area contributed by atoms with E-state index >= 15 is 0 Å². The van der Waals surface area contributed by atoms with Gasteiger partial charge in [-0.05, 0) is 43.3 Å². The summed E-state index contributed by atoms with van der Waals surface area (Å²) in [6, 6.07) is 8.14. The minimum absolute atomic E-state index is 0.240. The van der Waals surface area contributed by atoms with Gasteiger partial charge in [-0.3, -0.25) is 4.90 Å². The lowest BCUT2D eigenvalue weighted by Gasteiger charge is -2.16. The van der Waals surface area contributed by atoms with Gasteiger partial charge in [-0.15, -0.1) is 11.3 Å². The van der Waals surface area contributed by atoms with E-state index in [-0.39, 0.29) is 5.82 Å². The molecule has 0 fully saturated rings. The van der Waals surface area contributed by atoms with Gasteiger partial charge in [0.25, 0.3) is 0 Å². The second-order valence-corrected chi connectivity index (χ2v) is 6.05. The monoisotopic (exact) mass is 293 g/mol. The zero-order valence-corrected chi connectivity index (χ0v) is 12.2. The van der Waals surface area contributed by atoms with Crippen LogP contribution in [-0.4, -0.2) is 23.0 Å². The average Bonchev–Trinajstić information content (AvgIpc) is 2.74. The number of aryl methyl sites for hydroxylation is 1. The van der Waals surface area contributed by atoms with Gasteiger partial charge in [-0.2, -0.15) is 0 Å². The van der Waals surface area contributed by atoms with E-state index in [1.54, 1.807) is 18.2 Å². The van der Waals surface area contributed by atoms with Crippen LogP contribution in [0.1, 0.15) is 25.7 Å². The molecule has 3 nitrogen and oxygen atoms in total. The molecule has 1 aromatic heterocycles. The molecule has 0 saturated heterocycles. The van der Waals surface area contributed by atoms with Gasteiger partial charge < -0.3 is 5.11 Å².